The smallest absolute Gasteiger partial charge is 0.333 e. The Hall–Kier alpha value is -2.89. The number of phenols is 1. The number of phenolic OH excluding ortho intramolecular Hbond substituents is 1. The van der Waals surface area contributed by atoms with Gasteiger partial charge in [-0.25, -0.2) is 4.79 Å². The van der Waals surface area contributed by atoms with Gasteiger partial charge in [-0.3, -0.25) is 19.4 Å². The van der Waals surface area contributed by atoms with Crippen molar-refractivity contribution in [2.24, 2.45) is 0 Å². The molecule has 1 saturated heterocycles. The lowest BCUT2D eigenvalue weighted by Crippen LogP contribution is -2.52. The van der Waals surface area contributed by atoms with Gasteiger partial charge in [-0.1, -0.05) is 24.3 Å². The lowest BCUT2D eigenvalue weighted by atomic mass is 10.1. The Bertz CT molecular complexity index is 633. The number of carbonyl (C=O) groups excluding carboxylic acids is 3. The molecule has 2 rings (SSSR count). The molecule has 1 aromatic carbocycles. The first-order chi connectivity index (χ1) is 9.91. The van der Waals surface area contributed by atoms with Crippen LogP contribution in [-0.4, -0.2) is 46.8 Å². The van der Waals surface area contributed by atoms with E-state index in [-0.39, 0.29) is 11.3 Å². The van der Waals surface area contributed by atoms with Gasteiger partial charge in [-0.15, -0.1) is 0 Å². The van der Waals surface area contributed by atoms with Crippen molar-refractivity contribution in [2.75, 3.05) is 14.1 Å². The van der Waals surface area contributed by atoms with E-state index >= 15 is 0 Å². The Morgan fingerprint density at radius 3 is 2.00 bits per heavy atom. The van der Waals surface area contributed by atoms with Crippen molar-refractivity contribution in [3.05, 3.63) is 47.6 Å². The van der Waals surface area contributed by atoms with Crippen LogP contribution >= 0.6 is 0 Å². The van der Waals surface area contributed by atoms with Crippen LogP contribution in [0.2, 0.25) is 0 Å². The first-order valence-electron chi connectivity index (χ1n) is 6.19. The number of allylic oxidation sites excluding steroid dienone is 2. The van der Waals surface area contributed by atoms with Gasteiger partial charge in [0.2, 0.25) is 0 Å². The summed E-state index contributed by atoms with van der Waals surface area (Å²) in [6.45, 7) is 0. The third-order valence-corrected chi connectivity index (χ3v) is 3.09. The van der Waals surface area contributed by atoms with Crippen LogP contribution in [0.5, 0.6) is 5.75 Å². The minimum atomic E-state index is -0.648. The summed E-state index contributed by atoms with van der Waals surface area (Å²) in [6.07, 6.45) is 4.61. The fraction of sp³-hybridized carbons (Fsp3) is 0.133. The van der Waals surface area contributed by atoms with Crippen LogP contribution in [-0.2, 0) is 9.59 Å². The second-order valence-corrected chi connectivity index (χ2v) is 4.54. The van der Waals surface area contributed by atoms with Gasteiger partial charge in [-0.2, -0.15) is 0 Å². The summed E-state index contributed by atoms with van der Waals surface area (Å²) < 4.78 is 0. The Morgan fingerprint density at radius 2 is 1.48 bits per heavy atom. The number of likely N-dealkylation sites (N-methyl/N-ethyl adjacent to an activating group) is 2. The van der Waals surface area contributed by atoms with E-state index in [1.54, 1.807) is 24.3 Å². The van der Waals surface area contributed by atoms with Crippen LogP contribution in [0.25, 0.3) is 6.08 Å². The Kier molecular flexibility index (Phi) is 3.89. The van der Waals surface area contributed by atoms with E-state index in [9.17, 15) is 19.5 Å². The van der Waals surface area contributed by atoms with Gasteiger partial charge in [0.15, 0.2) is 0 Å². The van der Waals surface area contributed by atoms with Gasteiger partial charge in [0.1, 0.15) is 11.3 Å². The lowest BCUT2D eigenvalue weighted by molar-refractivity contribution is -0.134. The number of hydrogen-bond donors (Lipinski definition) is 1. The van der Waals surface area contributed by atoms with Crippen LogP contribution in [0.1, 0.15) is 5.56 Å². The molecule has 108 valence electrons. The predicted molar refractivity (Wildman–Crippen MR) is 76.2 cm³/mol. The van der Waals surface area contributed by atoms with E-state index in [2.05, 4.69) is 0 Å². The molecule has 1 N–H and O–H groups in total. The summed E-state index contributed by atoms with van der Waals surface area (Å²) in [5.74, 6) is -1.10. The number of hydrogen-bond acceptors (Lipinski definition) is 4. The molecular formula is C15H14N2O4. The zero-order valence-corrected chi connectivity index (χ0v) is 11.6. The third-order valence-electron chi connectivity index (χ3n) is 3.09. The molecule has 6 nitrogen and oxygen atoms in total. The summed E-state index contributed by atoms with van der Waals surface area (Å²) >= 11 is 0. The van der Waals surface area contributed by atoms with E-state index < -0.39 is 17.8 Å². The Balaban J connectivity index is 2.23. The fourth-order valence-corrected chi connectivity index (χ4v) is 1.84. The van der Waals surface area contributed by atoms with Crippen LogP contribution in [0, 0.1) is 0 Å². The molecule has 0 unspecified atom stereocenters. The van der Waals surface area contributed by atoms with Gasteiger partial charge in [0, 0.05) is 14.1 Å². The number of imide groups is 2. The van der Waals surface area contributed by atoms with Crippen LogP contribution in [0.15, 0.2) is 42.0 Å². The van der Waals surface area contributed by atoms with Crippen molar-refractivity contribution in [3.8, 4) is 5.75 Å². The van der Waals surface area contributed by atoms with Gasteiger partial charge in [-0.05, 0) is 23.8 Å². The number of barbiturate groups is 1. The third kappa shape index (κ3) is 2.84. The molecule has 0 bridgehead atoms. The van der Waals surface area contributed by atoms with Crippen molar-refractivity contribution in [2.45, 2.75) is 0 Å². The zero-order chi connectivity index (χ0) is 15.6. The molecule has 0 spiro atoms. The fourth-order valence-electron chi connectivity index (χ4n) is 1.84. The maximum Gasteiger partial charge on any atom is 0.333 e. The SMILES string of the molecule is CN1C(=O)C(=CC=Cc2ccc(O)cc2)C(=O)N(C)C1=O. The van der Waals surface area contributed by atoms with E-state index in [0.29, 0.717) is 0 Å². The first kappa shape index (κ1) is 14.5. The maximum absolute atomic E-state index is 11.9. The molecule has 1 aliphatic heterocycles. The second-order valence-electron chi connectivity index (χ2n) is 4.54. The molecule has 1 aromatic rings. The zero-order valence-electron chi connectivity index (χ0n) is 11.6. The Labute approximate surface area is 121 Å². The number of aromatic hydroxyl groups is 1. The Morgan fingerprint density at radius 1 is 0.952 bits per heavy atom. The van der Waals surface area contributed by atoms with Gasteiger partial charge in [0.05, 0.1) is 0 Å². The van der Waals surface area contributed by atoms with Gasteiger partial charge < -0.3 is 5.11 Å². The molecule has 0 aromatic heterocycles. The molecule has 1 heterocycles. The summed E-state index contributed by atoms with van der Waals surface area (Å²) in [7, 11) is 2.65. The average molecular weight is 286 g/mol. The summed E-state index contributed by atoms with van der Waals surface area (Å²) in [6, 6.07) is 5.80. The predicted octanol–water partition coefficient (Wildman–Crippen LogP) is 1.38. The number of nitrogens with zero attached hydrogens (tertiary/aromatic N) is 2. The van der Waals surface area contributed by atoms with Crippen LogP contribution in [0.4, 0.5) is 4.79 Å². The lowest BCUT2D eigenvalue weighted by Gasteiger charge is -2.28. The number of carbonyl (C=O) groups is 3. The maximum atomic E-state index is 11.9. The first-order valence-corrected chi connectivity index (χ1v) is 6.19. The van der Waals surface area contributed by atoms with Crippen molar-refractivity contribution in [1.29, 1.82) is 0 Å². The summed E-state index contributed by atoms with van der Waals surface area (Å²) in [5, 5.41) is 9.17. The molecule has 21 heavy (non-hydrogen) atoms. The molecule has 0 saturated carbocycles. The van der Waals surface area contributed by atoms with Gasteiger partial charge >= 0.3 is 6.03 Å². The number of rotatable bonds is 2. The standard InChI is InChI=1S/C15H14N2O4/c1-16-13(19)12(14(20)17(2)15(16)21)5-3-4-10-6-8-11(18)9-7-10/h3-9,18H,1-2H3. The quantitative estimate of drug-likeness (QED) is 0.658. The van der Waals surface area contributed by atoms with E-state index in [1.807, 2.05) is 0 Å². The summed E-state index contributed by atoms with van der Waals surface area (Å²) in [4.78, 5) is 37.1. The number of benzene rings is 1. The van der Waals surface area contributed by atoms with E-state index in [4.69, 9.17) is 0 Å². The van der Waals surface area contributed by atoms with E-state index in [0.717, 1.165) is 15.4 Å². The molecule has 0 radical (unpaired) electrons. The van der Waals surface area contributed by atoms with Gasteiger partial charge in [0.25, 0.3) is 11.8 Å². The highest BCUT2D eigenvalue weighted by atomic mass is 16.3. The van der Waals surface area contributed by atoms with Crippen molar-refractivity contribution in [3.63, 3.8) is 0 Å². The van der Waals surface area contributed by atoms with Crippen molar-refractivity contribution < 1.29 is 19.5 Å². The molecular weight excluding hydrogens is 272 g/mol. The number of urea groups is 1. The second kappa shape index (κ2) is 5.62. The normalized spacial score (nSPS) is 16.1. The molecule has 4 amide bonds. The van der Waals surface area contributed by atoms with Crippen LogP contribution in [0.3, 0.4) is 0 Å². The largest absolute Gasteiger partial charge is 0.508 e. The average Bonchev–Trinajstić information content (AvgIpc) is 2.48. The molecule has 1 fully saturated rings. The summed E-state index contributed by atoms with van der Waals surface area (Å²) in [5.41, 5.74) is 0.729. The van der Waals surface area contributed by atoms with E-state index in [1.165, 1.54) is 32.3 Å². The van der Waals surface area contributed by atoms with Crippen molar-refractivity contribution in [1.82, 2.24) is 9.80 Å². The topological polar surface area (TPSA) is 77.9 Å². The van der Waals surface area contributed by atoms with Crippen molar-refractivity contribution >= 4 is 23.9 Å². The highest BCUT2D eigenvalue weighted by Gasteiger charge is 2.37. The van der Waals surface area contributed by atoms with Crippen LogP contribution < -0.4 is 0 Å². The molecule has 0 aliphatic carbocycles. The molecule has 0 atom stereocenters. The minimum absolute atomic E-state index is 0.0744. The highest BCUT2D eigenvalue weighted by Crippen LogP contribution is 2.15. The minimum Gasteiger partial charge on any atom is -0.508 e. The molecule has 6 heteroatoms. The monoisotopic (exact) mass is 286 g/mol. The molecule has 1 aliphatic rings. The highest BCUT2D eigenvalue weighted by molar-refractivity contribution is 6.28. The number of amides is 4.